The summed E-state index contributed by atoms with van der Waals surface area (Å²) in [7, 11) is 0. The number of nitrogens with zero attached hydrogens (tertiary/aromatic N) is 2. The van der Waals surface area contributed by atoms with Crippen LogP contribution in [0.5, 0.6) is 0 Å². The van der Waals surface area contributed by atoms with Crippen molar-refractivity contribution in [3.05, 3.63) is 34.1 Å². The molecule has 142 valence electrons. The largest absolute Gasteiger partial charge is 0.387 e. The molecule has 1 aromatic rings. The van der Waals surface area contributed by atoms with Crippen LogP contribution in [-0.4, -0.2) is 58.6 Å². The molecular weight excluding hydrogens is 405 g/mol. The molecule has 0 radical (unpaired) electrons. The van der Waals surface area contributed by atoms with E-state index in [1.54, 1.807) is 17.0 Å². The van der Waals surface area contributed by atoms with E-state index in [9.17, 15) is 14.0 Å². The smallest absolute Gasteiger partial charge is 0.318 e. The molecule has 26 heavy (non-hydrogen) atoms. The van der Waals surface area contributed by atoms with Gasteiger partial charge in [0.15, 0.2) is 0 Å². The molecule has 1 saturated heterocycles. The third-order valence-corrected chi connectivity index (χ3v) is 5.39. The first kappa shape index (κ1) is 19.1. The summed E-state index contributed by atoms with van der Waals surface area (Å²) in [5.74, 6) is -0.669. The van der Waals surface area contributed by atoms with Crippen LogP contribution in [0.4, 0.5) is 9.18 Å². The number of hydrogen-bond acceptors (Lipinski definition) is 3. The van der Waals surface area contributed by atoms with Gasteiger partial charge >= 0.3 is 6.03 Å². The first-order chi connectivity index (χ1) is 12.5. The Kier molecular flexibility index (Phi) is 6.13. The van der Waals surface area contributed by atoms with Gasteiger partial charge in [-0.05, 0) is 37.8 Å². The van der Waals surface area contributed by atoms with Crippen molar-refractivity contribution in [1.29, 1.82) is 0 Å². The topological polar surface area (TPSA) is 72.9 Å². The predicted molar refractivity (Wildman–Crippen MR) is 97.9 cm³/mol. The minimum atomic E-state index is -0.509. The highest BCUT2D eigenvalue weighted by Gasteiger charge is 2.39. The fraction of sp³-hybridized carbons (Fsp3) is 0.556. The lowest BCUT2D eigenvalue weighted by Gasteiger charge is -2.39. The number of hydrogen-bond donors (Lipinski definition) is 2. The number of carbonyl (C=O) groups excluding carboxylic acids is 2. The number of benzene rings is 1. The molecular formula is C18H23BrFN3O3. The Morgan fingerprint density at radius 1 is 1.31 bits per heavy atom. The van der Waals surface area contributed by atoms with Gasteiger partial charge in [0.05, 0.1) is 6.04 Å². The molecule has 1 aliphatic carbocycles. The molecule has 1 aromatic carbocycles. The van der Waals surface area contributed by atoms with Crippen LogP contribution in [0.1, 0.15) is 31.2 Å². The first-order valence-electron chi connectivity index (χ1n) is 8.88. The summed E-state index contributed by atoms with van der Waals surface area (Å²) < 4.78 is 14.6. The summed E-state index contributed by atoms with van der Waals surface area (Å²) in [5.41, 5.74) is 0.429. The average Bonchev–Trinajstić information content (AvgIpc) is 3.45. The molecule has 1 atom stereocenters. The summed E-state index contributed by atoms with van der Waals surface area (Å²) in [6, 6.07) is 4.64. The van der Waals surface area contributed by atoms with Crippen LogP contribution >= 0.6 is 15.9 Å². The van der Waals surface area contributed by atoms with Crippen molar-refractivity contribution in [3.8, 4) is 0 Å². The molecule has 0 aromatic heterocycles. The quantitative estimate of drug-likeness (QED) is 0.756. The zero-order valence-corrected chi connectivity index (χ0v) is 16.0. The van der Waals surface area contributed by atoms with E-state index in [1.165, 1.54) is 6.07 Å². The number of aliphatic hydroxyl groups is 1. The highest BCUT2D eigenvalue weighted by molar-refractivity contribution is 9.10. The number of piperidine rings is 1. The van der Waals surface area contributed by atoms with E-state index in [2.05, 4.69) is 21.2 Å². The van der Waals surface area contributed by atoms with Crippen LogP contribution in [0.3, 0.4) is 0 Å². The van der Waals surface area contributed by atoms with Gasteiger partial charge < -0.3 is 20.2 Å². The molecule has 0 unspecified atom stereocenters. The Hall–Kier alpha value is -1.67. The number of carbonyl (C=O) groups is 2. The van der Waals surface area contributed by atoms with E-state index in [-0.39, 0.29) is 36.4 Å². The summed E-state index contributed by atoms with van der Waals surface area (Å²) in [6.45, 7) is 0.661. The second-order valence-corrected chi connectivity index (χ2v) is 7.74. The van der Waals surface area contributed by atoms with E-state index in [0.717, 1.165) is 25.7 Å². The predicted octanol–water partition coefficient (Wildman–Crippen LogP) is 2.25. The van der Waals surface area contributed by atoms with Crippen LogP contribution in [-0.2, 0) is 11.3 Å². The van der Waals surface area contributed by atoms with Crippen LogP contribution in [0.25, 0.3) is 0 Å². The normalized spacial score (nSPS) is 20.0. The molecule has 3 rings (SSSR count). The molecule has 2 N–H and O–H groups in total. The minimum Gasteiger partial charge on any atom is -0.387 e. The SMILES string of the molecule is O=C(CO)N1CCC[C@@H](N(C(=O)NCc2ccc(Br)cc2F)C2CC2)C1. The van der Waals surface area contributed by atoms with Gasteiger partial charge in [-0.3, -0.25) is 4.79 Å². The number of rotatable bonds is 5. The molecule has 2 fully saturated rings. The second-order valence-electron chi connectivity index (χ2n) is 6.83. The number of urea groups is 1. The van der Waals surface area contributed by atoms with Crippen molar-refractivity contribution in [1.82, 2.24) is 15.1 Å². The number of nitrogens with one attached hydrogen (secondary N) is 1. The van der Waals surface area contributed by atoms with Crippen LogP contribution in [0.15, 0.2) is 22.7 Å². The lowest BCUT2D eigenvalue weighted by Crippen LogP contribution is -2.55. The van der Waals surface area contributed by atoms with E-state index >= 15 is 0 Å². The van der Waals surface area contributed by atoms with Crippen LogP contribution < -0.4 is 5.32 Å². The van der Waals surface area contributed by atoms with E-state index in [0.29, 0.717) is 23.1 Å². The Labute approximate surface area is 160 Å². The highest BCUT2D eigenvalue weighted by Crippen LogP contribution is 2.31. The Morgan fingerprint density at radius 3 is 2.73 bits per heavy atom. The molecule has 1 heterocycles. The van der Waals surface area contributed by atoms with Gasteiger partial charge in [-0.25, -0.2) is 9.18 Å². The number of likely N-dealkylation sites (tertiary alicyclic amines) is 1. The monoisotopic (exact) mass is 427 g/mol. The number of halogens is 2. The molecule has 1 saturated carbocycles. The maximum atomic E-state index is 13.9. The zero-order valence-electron chi connectivity index (χ0n) is 14.5. The fourth-order valence-electron chi connectivity index (χ4n) is 3.42. The first-order valence-corrected chi connectivity index (χ1v) is 9.67. The van der Waals surface area contributed by atoms with Gasteiger partial charge in [0, 0.05) is 35.7 Å². The van der Waals surface area contributed by atoms with Gasteiger partial charge in [-0.1, -0.05) is 22.0 Å². The standard InChI is InChI=1S/C18H23BrFN3O3/c19-13-4-3-12(16(20)8-13)9-21-18(26)23(14-5-6-14)15-2-1-7-22(10-15)17(25)11-24/h3-4,8,14-15,24H,1-2,5-7,9-11H2,(H,21,26)/t15-/m1/s1. The van der Waals surface area contributed by atoms with Gasteiger partial charge in [0.25, 0.3) is 0 Å². The van der Waals surface area contributed by atoms with E-state index < -0.39 is 6.61 Å². The van der Waals surface area contributed by atoms with Crippen molar-refractivity contribution >= 4 is 27.9 Å². The summed E-state index contributed by atoms with van der Waals surface area (Å²) >= 11 is 3.22. The van der Waals surface area contributed by atoms with Crippen molar-refractivity contribution in [3.63, 3.8) is 0 Å². The maximum Gasteiger partial charge on any atom is 0.318 e. The molecule has 0 spiro atoms. The molecule has 8 heteroatoms. The summed E-state index contributed by atoms with van der Waals surface area (Å²) in [5, 5.41) is 11.9. The number of amides is 3. The lowest BCUT2D eigenvalue weighted by molar-refractivity contribution is -0.136. The van der Waals surface area contributed by atoms with Crippen molar-refractivity contribution in [2.45, 2.75) is 44.3 Å². The Bertz CT molecular complexity index is 684. The zero-order chi connectivity index (χ0) is 18.7. The van der Waals surface area contributed by atoms with Gasteiger partial charge in [-0.15, -0.1) is 0 Å². The molecule has 3 amide bonds. The fourth-order valence-corrected chi connectivity index (χ4v) is 3.75. The molecule has 1 aliphatic heterocycles. The van der Waals surface area contributed by atoms with Gasteiger partial charge in [0.1, 0.15) is 12.4 Å². The summed E-state index contributed by atoms with van der Waals surface area (Å²) in [4.78, 5) is 28.0. The van der Waals surface area contributed by atoms with Gasteiger partial charge in [0.2, 0.25) is 5.91 Å². The Morgan fingerprint density at radius 2 is 2.08 bits per heavy atom. The second kappa shape index (κ2) is 8.35. The van der Waals surface area contributed by atoms with Crippen molar-refractivity contribution in [2.24, 2.45) is 0 Å². The summed E-state index contributed by atoms with van der Waals surface area (Å²) in [6.07, 6.45) is 3.52. The van der Waals surface area contributed by atoms with Gasteiger partial charge in [-0.2, -0.15) is 0 Å². The molecule has 0 bridgehead atoms. The minimum absolute atomic E-state index is 0.0680. The third kappa shape index (κ3) is 4.54. The van der Waals surface area contributed by atoms with Crippen LogP contribution in [0, 0.1) is 5.82 Å². The Balaban J connectivity index is 1.63. The maximum absolute atomic E-state index is 13.9. The third-order valence-electron chi connectivity index (χ3n) is 4.90. The molecule has 2 aliphatic rings. The highest BCUT2D eigenvalue weighted by atomic mass is 79.9. The van der Waals surface area contributed by atoms with Crippen molar-refractivity contribution in [2.75, 3.05) is 19.7 Å². The van der Waals surface area contributed by atoms with Crippen LogP contribution in [0.2, 0.25) is 0 Å². The average molecular weight is 428 g/mol. The van der Waals surface area contributed by atoms with Crippen molar-refractivity contribution < 1.29 is 19.1 Å². The van der Waals surface area contributed by atoms with E-state index in [4.69, 9.17) is 5.11 Å². The number of aliphatic hydroxyl groups excluding tert-OH is 1. The lowest BCUT2D eigenvalue weighted by atomic mass is 10.0. The van der Waals surface area contributed by atoms with E-state index in [1.807, 2.05) is 4.90 Å². The molecule has 6 nitrogen and oxygen atoms in total.